The maximum atomic E-state index is 10.8. The molecule has 0 aliphatic rings. The number of primary amides is 1. The van der Waals surface area contributed by atoms with Crippen LogP contribution < -0.4 is 15.8 Å². The lowest BCUT2D eigenvalue weighted by molar-refractivity contribution is -0.384. The van der Waals surface area contributed by atoms with Crippen LogP contribution in [-0.2, 0) is 4.74 Å². The van der Waals surface area contributed by atoms with Gasteiger partial charge in [-0.1, -0.05) is 0 Å². The van der Waals surface area contributed by atoms with Crippen molar-refractivity contribution in [1.82, 2.24) is 0 Å². The zero-order valence-electron chi connectivity index (χ0n) is 11.3. The molecule has 0 saturated heterocycles. The van der Waals surface area contributed by atoms with Crippen LogP contribution in [0.1, 0.15) is 13.8 Å². The van der Waals surface area contributed by atoms with E-state index in [0.29, 0.717) is 11.4 Å². The lowest BCUT2D eigenvalue weighted by Gasteiger charge is -2.12. The molecular formula is C12H17N3O5. The number of amides is 1. The SMILES string of the molecule is CC(C)Oc1cc(NCCOC(N)=O)cc([N+](=O)[O-])c1. The van der Waals surface area contributed by atoms with Gasteiger partial charge in [-0.15, -0.1) is 0 Å². The van der Waals surface area contributed by atoms with Gasteiger partial charge in [0.25, 0.3) is 5.69 Å². The second kappa shape index (κ2) is 7.17. The van der Waals surface area contributed by atoms with Crippen LogP contribution in [-0.4, -0.2) is 30.3 Å². The number of ether oxygens (including phenoxy) is 2. The van der Waals surface area contributed by atoms with E-state index < -0.39 is 11.0 Å². The highest BCUT2D eigenvalue weighted by molar-refractivity contribution is 5.64. The fourth-order valence-electron chi connectivity index (χ4n) is 1.48. The highest BCUT2D eigenvalue weighted by Crippen LogP contribution is 2.26. The van der Waals surface area contributed by atoms with Crippen LogP contribution in [0.4, 0.5) is 16.2 Å². The molecule has 0 atom stereocenters. The van der Waals surface area contributed by atoms with Crippen molar-refractivity contribution in [1.29, 1.82) is 0 Å². The normalized spacial score (nSPS) is 10.2. The molecule has 3 N–H and O–H groups in total. The van der Waals surface area contributed by atoms with E-state index in [1.807, 2.05) is 13.8 Å². The van der Waals surface area contributed by atoms with E-state index in [4.69, 9.17) is 10.5 Å². The smallest absolute Gasteiger partial charge is 0.404 e. The number of non-ortho nitro benzene ring substituents is 1. The van der Waals surface area contributed by atoms with Crippen LogP contribution in [0.3, 0.4) is 0 Å². The first-order chi connectivity index (χ1) is 9.38. The second-order valence-corrected chi connectivity index (χ2v) is 4.23. The lowest BCUT2D eigenvalue weighted by atomic mass is 10.2. The number of nitro groups is 1. The number of nitrogens with one attached hydrogen (secondary N) is 1. The standard InChI is InChI=1S/C12H17N3O5/c1-8(2)20-11-6-9(5-10(7-11)15(17)18)14-3-4-19-12(13)16/h5-8,14H,3-4H2,1-2H3,(H2,13,16). The van der Waals surface area contributed by atoms with Gasteiger partial charge in [-0.2, -0.15) is 0 Å². The summed E-state index contributed by atoms with van der Waals surface area (Å²) < 4.78 is 9.99. The van der Waals surface area contributed by atoms with Crippen LogP contribution in [0.2, 0.25) is 0 Å². The summed E-state index contributed by atoms with van der Waals surface area (Å²) in [6, 6.07) is 4.36. The Bertz CT molecular complexity index is 490. The van der Waals surface area contributed by atoms with E-state index in [1.165, 1.54) is 12.1 Å². The third-order valence-corrected chi connectivity index (χ3v) is 2.15. The van der Waals surface area contributed by atoms with Crippen LogP contribution in [0.5, 0.6) is 5.75 Å². The summed E-state index contributed by atoms with van der Waals surface area (Å²) >= 11 is 0. The number of hydrogen-bond acceptors (Lipinski definition) is 6. The fraction of sp³-hybridized carbons (Fsp3) is 0.417. The Morgan fingerprint density at radius 3 is 2.70 bits per heavy atom. The van der Waals surface area contributed by atoms with E-state index in [1.54, 1.807) is 6.07 Å². The van der Waals surface area contributed by atoms with Crippen LogP contribution in [0, 0.1) is 10.1 Å². The monoisotopic (exact) mass is 283 g/mol. The quantitative estimate of drug-likeness (QED) is 0.448. The molecule has 1 aromatic rings. The first-order valence-corrected chi connectivity index (χ1v) is 6.00. The summed E-state index contributed by atoms with van der Waals surface area (Å²) in [4.78, 5) is 20.7. The Morgan fingerprint density at radius 1 is 1.45 bits per heavy atom. The Kier molecular flexibility index (Phi) is 5.57. The number of nitrogens with two attached hydrogens (primary N) is 1. The van der Waals surface area contributed by atoms with Crippen molar-refractivity contribution in [3.63, 3.8) is 0 Å². The summed E-state index contributed by atoms with van der Waals surface area (Å²) in [6.45, 7) is 4.00. The van der Waals surface area contributed by atoms with Crippen molar-refractivity contribution in [2.45, 2.75) is 20.0 Å². The van der Waals surface area contributed by atoms with Gasteiger partial charge in [-0.05, 0) is 13.8 Å². The summed E-state index contributed by atoms with van der Waals surface area (Å²) in [5, 5.41) is 13.7. The molecule has 8 nitrogen and oxygen atoms in total. The molecule has 0 radical (unpaired) electrons. The van der Waals surface area contributed by atoms with Gasteiger partial charge in [-0.25, -0.2) is 4.79 Å². The molecule has 0 fully saturated rings. The third kappa shape index (κ3) is 5.42. The number of hydrogen-bond donors (Lipinski definition) is 2. The van der Waals surface area contributed by atoms with Crippen molar-refractivity contribution >= 4 is 17.5 Å². The lowest BCUT2D eigenvalue weighted by Crippen LogP contribution is -2.18. The maximum absolute atomic E-state index is 10.8. The van der Waals surface area contributed by atoms with Gasteiger partial charge >= 0.3 is 6.09 Å². The molecule has 1 amide bonds. The Hall–Kier alpha value is -2.51. The average molecular weight is 283 g/mol. The van der Waals surface area contributed by atoms with Crippen molar-refractivity contribution < 1.29 is 19.2 Å². The zero-order valence-corrected chi connectivity index (χ0v) is 11.3. The van der Waals surface area contributed by atoms with Gasteiger partial charge in [-0.3, -0.25) is 10.1 Å². The molecule has 8 heteroatoms. The Labute approximate surface area is 116 Å². The maximum Gasteiger partial charge on any atom is 0.404 e. The minimum atomic E-state index is -0.866. The molecule has 0 bridgehead atoms. The number of benzene rings is 1. The summed E-state index contributed by atoms with van der Waals surface area (Å²) in [5.41, 5.74) is 5.24. The molecule has 0 unspecified atom stereocenters. The largest absolute Gasteiger partial charge is 0.491 e. The Balaban J connectivity index is 2.75. The summed E-state index contributed by atoms with van der Waals surface area (Å²) in [6.07, 6.45) is -0.960. The van der Waals surface area contributed by atoms with E-state index in [2.05, 4.69) is 10.1 Å². The minimum Gasteiger partial charge on any atom is -0.491 e. The van der Waals surface area contributed by atoms with Crippen molar-refractivity contribution in [2.24, 2.45) is 5.73 Å². The van der Waals surface area contributed by atoms with Crippen molar-refractivity contribution in [3.05, 3.63) is 28.3 Å². The summed E-state index contributed by atoms with van der Waals surface area (Å²) in [7, 11) is 0. The second-order valence-electron chi connectivity index (χ2n) is 4.23. The van der Waals surface area contributed by atoms with Crippen LogP contribution >= 0.6 is 0 Å². The van der Waals surface area contributed by atoms with E-state index in [0.717, 1.165) is 0 Å². The van der Waals surface area contributed by atoms with E-state index in [-0.39, 0.29) is 24.9 Å². The first-order valence-electron chi connectivity index (χ1n) is 6.00. The first kappa shape index (κ1) is 15.5. The molecule has 0 saturated carbocycles. The van der Waals surface area contributed by atoms with Gasteiger partial charge in [0.05, 0.1) is 17.1 Å². The summed E-state index contributed by atoms with van der Waals surface area (Å²) in [5.74, 6) is 0.396. The Morgan fingerprint density at radius 2 is 2.15 bits per heavy atom. The average Bonchev–Trinajstić information content (AvgIpc) is 2.33. The van der Waals surface area contributed by atoms with E-state index >= 15 is 0 Å². The van der Waals surface area contributed by atoms with Crippen molar-refractivity contribution in [2.75, 3.05) is 18.5 Å². The molecule has 0 heterocycles. The molecular weight excluding hydrogens is 266 g/mol. The predicted molar refractivity (Wildman–Crippen MR) is 72.9 cm³/mol. The number of carbonyl (C=O) groups excluding carboxylic acids is 1. The van der Waals surface area contributed by atoms with Crippen LogP contribution in [0.25, 0.3) is 0 Å². The van der Waals surface area contributed by atoms with Crippen molar-refractivity contribution in [3.8, 4) is 5.75 Å². The van der Waals surface area contributed by atoms with Gasteiger partial charge < -0.3 is 20.5 Å². The van der Waals surface area contributed by atoms with Gasteiger partial charge in [0.2, 0.25) is 0 Å². The zero-order chi connectivity index (χ0) is 15.1. The van der Waals surface area contributed by atoms with Crippen LogP contribution in [0.15, 0.2) is 18.2 Å². The minimum absolute atomic E-state index is 0.0679. The highest BCUT2D eigenvalue weighted by Gasteiger charge is 2.11. The van der Waals surface area contributed by atoms with Gasteiger partial charge in [0.1, 0.15) is 12.4 Å². The molecule has 110 valence electrons. The fourth-order valence-corrected chi connectivity index (χ4v) is 1.48. The predicted octanol–water partition coefficient (Wildman–Crippen LogP) is 1.89. The molecule has 1 rings (SSSR count). The number of nitrogens with zero attached hydrogens (tertiary/aromatic N) is 1. The number of anilines is 1. The topological polar surface area (TPSA) is 117 Å². The number of nitro benzene ring substituents is 1. The number of rotatable bonds is 7. The molecule has 0 aliphatic heterocycles. The van der Waals surface area contributed by atoms with E-state index in [9.17, 15) is 14.9 Å². The molecule has 1 aromatic carbocycles. The molecule has 20 heavy (non-hydrogen) atoms. The number of carbonyl (C=O) groups is 1. The van der Waals surface area contributed by atoms with Gasteiger partial charge in [0, 0.05) is 24.4 Å². The highest BCUT2D eigenvalue weighted by atomic mass is 16.6. The third-order valence-electron chi connectivity index (χ3n) is 2.15. The molecule has 0 aromatic heterocycles. The molecule has 0 spiro atoms. The molecule has 0 aliphatic carbocycles. The van der Waals surface area contributed by atoms with Gasteiger partial charge in [0.15, 0.2) is 0 Å².